The molecule has 0 N–H and O–H groups in total. The van der Waals surface area contributed by atoms with Crippen molar-refractivity contribution in [1.82, 2.24) is 0 Å². The number of nitrogens with zero attached hydrogens (tertiary/aromatic N) is 2. The van der Waals surface area contributed by atoms with Crippen molar-refractivity contribution in [2.24, 2.45) is 0 Å². The third kappa shape index (κ3) is 5.50. The van der Waals surface area contributed by atoms with Crippen LogP contribution < -0.4 is 0 Å². The van der Waals surface area contributed by atoms with E-state index in [1.807, 2.05) is 0 Å². The van der Waals surface area contributed by atoms with E-state index in [0.29, 0.717) is 11.8 Å². The molecule has 0 radical (unpaired) electrons. The fourth-order valence-electron chi connectivity index (χ4n) is 3.74. The van der Waals surface area contributed by atoms with E-state index in [0.717, 1.165) is 61.8 Å². The maximum atomic E-state index is 5.93. The summed E-state index contributed by atoms with van der Waals surface area (Å²) in [5.41, 5.74) is 0. The molecule has 0 aromatic heterocycles. The summed E-state index contributed by atoms with van der Waals surface area (Å²) in [7, 11) is 0. The predicted molar refractivity (Wildman–Crippen MR) is 90.8 cm³/mol. The molecule has 2 fully saturated rings. The van der Waals surface area contributed by atoms with Gasteiger partial charge in [0.15, 0.2) is 0 Å². The van der Waals surface area contributed by atoms with Crippen LogP contribution in [0.5, 0.6) is 0 Å². The van der Waals surface area contributed by atoms with Crippen molar-refractivity contribution in [3.8, 4) is 0 Å². The van der Waals surface area contributed by atoms with Crippen molar-refractivity contribution >= 4 is 23.2 Å². The lowest BCUT2D eigenvalue weighted by atomic mass is 10.1. The van der Waals surface area contributed by atoms with Gasteiger partial charge in [0.05, 0.1) is 11.8 Å². The third-order valence-corrected chi connectivity index (χ3v) is 5.35. The normalized spacial score (nSPS) is 31.9. The highest BCUT2D eigenvalue weighted by molar-refractivity contribution is 6.18. The molecular weight excluding hydrogens is 323 g/mol. The van der Waals surface area contributed by atoms with Gasteiger partial charge in [-0.1, -0.05) is 0 Å². The molecule has 0 aromatic rings. The van der Waals surface area contributed by atoms with Crippen LogP contribution in [0.25, 0.3) is 0 Å². The first kappa shape index (κ1) is 18.8. The van der Waals surface area contributed by atoms with Crippen LogP contribution >= 0.6 is 23.2 Å². The van der Waals surface area contributed by atoms with Crippen LogP contribution in [-0.4, -0.2) is 73.5 Å². The van der Waals surface area contributed by atoms with Gasteiger partial charge in [-0.2, -0.15) is 9.29 Å². The molecule has 0 bridgehead atoms. The molecule has 0 aliphatic carbocycles. The fraction of sp³-hybridized carbons (Fsp3) is 1.00. The van der Waals surface area contributed by atoms with Gasteiger partial charge in [-0.3, -0.25) is 0 Å². The predicted octanol–water partition coefficient (Wildman–Crippen LogP) is 3.33. The number of hydroxylamine groups is 6. The minimum atomic E-state index is 0.690. The monoisotopic (exact) mass is 354 g/mol. The van der Waals surface area contributed by atoms with Crippen molar-refractivity contribution in [3.05, 3.63) is 0 Å². The van der Waals surface area contributed by atoms with E-state index in [1.165, 1.54) is 38.5 Å². The quantitative estimate of drug-likeness (QED) is 0.322. The number of halogens is 2. The number of quaternary nitrogens is 2. The van der Waals surface area contributed by atoms with Crippen LogP contribution in [0.2, 0.25) is 0 Å². The molecule has 0 saturated carbocycles. The molecule has 2 unspecified atom stereocenters. The van der Waals surface area contributed by atoms with Gasteiger partial charge in [0.2, 0.25) is 0 Å². The fourth-order valence-corrected chi connectivity index (χ4v) is 4.36. The zero-order chi connectivity index (χ0) is 15.7. The number of hydrogen-bond acceptors (Lipinski definition) is 2. The second kappa shape index (κ2) is 9.65. The van der Waals surface area contributed by atoms with E-state index in [2.05, 4.69) is 0 Å². The molecular formula is C16H32Cl2N2O2+2. The highest BCUT2D eigenvalue weighted by Crippen LogP contribution is 2.21. The Labute approximate surface area is 145 Å². The average molecular weight is 355 g/mol. The summed E-state index contributed by atoms with van der Waals surface area (Å²) in [5, 5.41) is 0. The lowest BCUT2D eigenvalue weighted by molar-refractivity contribution is -1.09. The molecule has 4 nitrogen and oxygen atoms in total. The van der Waals surface area contributed by atoms with Gasteiger partial charge in [-0.25, -0.2) is 9.68 Å². The molecule has 2 aliphatic rings. The molecule has 2 heterocycles. The zero-order valence-corrected chi connectivity index (χ0v) is 15.3. The zero-order valence-electron chi connectivity index (χ0n) is 13.8. The first-order valence-electron chi connectivity index (χ1n) is 8.87. The molecule has 6 heteroatoms. The van der Waals surface area contributed by atoms with Gasteiger partial charge in [-0.15, -0.1) is 23.2 Å². The van der Waals surface area contributed by atoms with E-state index in [-0.39, 0.29) is 0 Å². The van der Waals surface area contributed by atoms with Gasteiger partial charge in [0.25, 0.3) is 0 Å². The smallest absolute Gasteiger partial charge is 0.122 e. The van der Waals surface area contributed by atoms with E-state index < -0.39 is 0 Å². The van der Waals surface area contributed by atoms with Crippen LogP contribution in [0, 0.1) is 0 Å². The van der Waals surface area contributed by atoms with Gasteiger partial charge in [0, 0.05) is 12.8 Å². The standard InChI is InChI=1S/C16H32Cl2N2O2/c17-7-13-19(11-5-15-21-19)9-3-1-2-4-10-20(14-8-18)12-6-16-22-20/h1-16H2/q+2. The molecule has 2 atom stereocenters. The largest absolute Gasteiger partial charge is 0.203 e. The van der Waals surface area contributed by atoms with E-state index in [4.69, 9.17) is 32.9 Å². The van der Waals surface area contributed by atoms with Crippen LogP contribution in [0.3, 0.4) is 0 Å². The Kier molecular flexibility index (Phi) is 8.23. The summed E-state index contributed by atoms with van der Waals surface area (Å²) >= 11 is 11.9. The number of hydrogen-bond donors (Lipinski definition) is 0. The Balaban J connectivity index is 1.58. The minimum Gasteiger partial charge on any atom is -0.203 e. The lowest BCUT2D eigenvalue weighted by Gasteiger charge is -2.30. The van der Waals surface area contributed by atoms with Crippen molar-refractivity contribution in [3.63, 3.8) is 0 Å². The number of unbranched alkanes of at least 4 members (excludes halogenated alkanes) is 3. The Bertz CT molecular complexity index is 277. The molecule has 2 aliphatic heterocycles. The van der Waals surface area contributed by atoms with Crippen molar-refractivity contribution < 1.29 is 19.0 Å². The second-order valence-electron chi connectivity index (χ2n) is 6.62. The summed E-state index contributed by atoms with van der Waals surface area (Å²) in [5.74, 6) is 1.38. The lowest BCUT2D eigenvalue weighted by Crippen LogP contribution is -2.46. The van der Waals surface area contributed by atoms with Crippen LogP contribution in [-0.2, 0) is 9.68 Å². The highest BCUT2D eigenvalue weighted by Gasteiger charge is 2.34. The summed E-state index contributed by atoms with van der Waals surface area (Å²) in [6.07, 6.45) is 7.35. The third-order valence-electron chi connectivity index (χ3n) is 5.02. The summed E-state index contributed by atoms with van der Waals surface area (Å²) in [6, 6.07) is 0. The average Bonchev–Trinajstić information content (AvgIpc) is 3.14. The molecule has 0 amide bonds. The maximum Gasteiger partial charge on any atom is 0.122 e. The number of alkyl halides is 2. The molecule has 130 valence electrons. The van der Waals surface area contributed by atoms with Gasteiger partial charge >= 0.3 is 0 Å². The molecule has 22 heavy (non-hydrogen) atoms. The van der Waals surface area contributed by atoms with E-state index in [9.17, 15) is 0 Å². The van der Waals surface area contributed by atoms with Crippen molar-refractivity contribution in [1.29, 1.82) is 0 Å². The minimum absolute atomic E-state index is 0.690. The van der Waals surface area contributed by atoms with Crippen LogP contribution in [0.15, 0.2) is 0 Å². The molecule has 0 aromatic carbocycles. The number of rotatable bonds is 11. The first-order chi connectivity index (χ1) is 10.7. The second-order valence-corrected chi connectivity index (χ2v) is 7.38. The highest BCUT2D eigenvalue weighted by atomic mass is 35.5. The first-order valence-corrected chi connectivity index (χ1v) is 9.94. The SMILES string of the molecule is ClCC[N+]1(CCCCCC[N+]2(CCCl)CCCO2)CCCO1. The molecule has 0 spiro atoms. The van der Waals surface area contributed by atoms with Gasteiger partial charge in [0.1, 0.15) is 52.5 Å². The van der Waals surface area contributed by atoms with Crippen LogP contribution in [0.4, 0.5) is 0 Å². The summed E-state index contributed by atoms with van der Waals surface area (Å²) in [4.78, 5) is 11.9. The van der Waals surface area contributed by atoms with Gasteiger partial charge in [-0.05, 0) is 25.7 Å². The molecule has 2 rings (SSSR count). The topological polar surface area (TPSA) is 18.5 Å². The van der Waals surface area contributed by atoms with E-state index >= 15 is 0 Å². The van der Waals surface area contributed by atoms with Crippen molar-refractivity contribution in [2.45, 2.75) is 38.5 Å². The Hall–Kier alpha value is 0.420. The summed E-state index contributed by atoms with van der Waals surface area (Å²) in [6.45, 7) is 8.19. The molecule has 2 saturated heterocycles. The van der Waals surface area contributed by atoms with E-state index in [1.54, 1.807) is 0 Å². The van der Waals surface area contributed by atoms with Crippen molar-refractivity contribution in [2.75, 3.05) is 64.2 Å². The Morgan fingerprint density at radius 3 is 1.41 bits per heavy atom. The summed E-state index contributed by atoms with van der Waals surface area (Å²) < 4.78 is 1.58. The Morgan fingerprint density at radius 2 is 1.09 bits per heavy atom. The van der Waals surface area contributed by atoms with Gasteiger partial charge < -0.3 is 0 Å². The van der Waals surface area contributed by atoms with Crippen LogP contribution in [0.1, 0.15) is 38.5 Å². The Morgan fingerprint density at radius 1 is 0.636 bits per heavy atom. The maximum absolute atomic E-state index is 5.93.